The Balaban J connectivity index is 1.53. The Bertz CT molecular complexity index is 1160. The van der Waals surface area contributed by atoms with Crippen LogP contribution in [0.5, 0.6) is 0 Å². The Morgan fingerprint density at radius 3 is 2.93 bits per heavy atom. The van der Waals surface area contributed by atoms with Crippen molar-refractivity contribution in [1.29, 1.82) is 0 Å². The van der Waals surface area contributed by atoms with Gasteiger partial charge in [-0.25, -0.2) is 9.37 Å². The van der Waals surface area contributed by atoms with E-state index in [9.17, 15) is 9.18 Å². The van der Waals surface area contributed by atoms with E-state index >= 15 is 0 Å². The van der Waals surface area contributed by atoms with Crippen molar-refractivity contribution in [2.75, 3.05) is 5.32 Å². The Morgan fingerprint density at radius 1 is 1.30 bits per heavy atom. The quantitative estimate of drug-likeness (QED) is 0.511. The Morgan fingerprint density at radius 2 is 2.11 bits per heavy atom. The molecule has 0 saturated heterocycles. The molecule has 1 aromatic carbocycles. The summed E-state index contributed by atoms with van der Waals surface area (Å²) in [6.45, 7) is 0. The summed E-state index contributed by atoms with van der Waals surface area (Å²) in [4.78, 5) is 16.9. The predicted molar refractivity (Wildman–Crippen MR) is 105 cm³/mol. The van der Waals surface area contributed by atoms with Crippen LogP contribution in [0.25, 0.3) is 11.0 Å². The molecule has 4 rings (SSSR count). The van der Waals surface area contributed by atoms with Crippen LogP contribution in [0, 0.1) is 5.82 Å². The van der Waals surface area contributed by atoms with Crippen LogP contribution in [0.4, 0.5) is 9.52 Å². The van der Waals surface area contributed by atoms with Crippen LogP contribution in [-0.2, 0) is 13.5 Å². The number of hydrogen-bond donors (Lipinski definition) is 1. The van der Waals surface area contributed by atoms with Gasteiger partial charge in [-0.3, -0.25) is 10.1 Å². The number of benzene rings is 1. The molecule has 3 aromatic heterocycles. The molecule has 27 heavy (non-hydrogen) atoms. The van der Waals surface area contributed by atoms with Crippen molar-refractivity contribution < 1.29 is 9.18 Å². The normalized spacial score (nSPS) is 11.1. The molecular weight excluding hydrogens is 433 g/mol. The van der Waals surface area contributed by atoms with E-state index in [0.717, 1.165) is 9.86 Å². The van der Waals surface area contributed by atoms with E-state index in [0.29, 0.717) is 33.5 Å². The molecule has 0 saturated carbocycles. The van der Waals surface area contributed by atoms with Gasteiger partial charge in [0.2, 0.25) is 5.13 Å². The highest BCUT2D eigenvalue weighted by Crippen LogP contribution is 2.23. The summed E-state index contributed by atoms with van der Waals surface area (Å²) in [5.41, 5.74) is 1.71. The molecule has 0 bridgehead atoms. The highest BCUT2D eigenvalue weighted by atomic mass is 79.9. The number of aryl methyl sites for hydroxylation is 1. The lowest BCUT2D eigenvalue weighted by Gasteiger charge is -2.03. The maximum Gasteiger partial charge on any atom is 0.274 e. The average Bonchev–Trinajstić information content (AvgIpc) is 3.21. The zero-order chi connectivity index (χ0) is 19.0. The summed E-state index contributed by atoms with van der Waals surface area (Å²) in [6, 6.07) is 10.2. The molecule has 0 atom stereocenters. The van der Waals surface area contributed by atoms with Gasteiger partial charge >= 0.3 is 0 Å². The van der Waals surface area contributed by atoms with E-state index in [2.05, 4.69) is 36.4 Å². The molecule has 0 unspecified atom stereocenters. The van der Waals surface area contributed by atoms with Gasteiger partial charge in [0.1, 0.15) is 22.2 Å². The van der Waals surface area contributed by atoms with Crippen LogP contribution in [0.2, 0.25) is 0 Å². The van der Waals surface area contributed by atoms with Crippen molar-refractivity contribution in [3.05, 3.63) is 69.1 Å². The van der Waals surface area contributed by atoms with Gasteiger partial charge in [-0.1, -0.05) is 29.5 Å². The Hall–Kier alpha value is -2.65. The van der Waals surface area contributed by atoms with Crippen molar-refractivity contribution in [3.8, 4) is 0 Å². The third-order valence-electron chi connectivity index (χ3n) is 4.05. The first kappa shape index (κ1) is 17.7. The molecule has 6 nitrogen and oxygen atoms in total. The predicted octanol–water partition coefficient (Wildman–Crippen LogP) is 4.17. The Kier molecular flexibility index (Phi) is 4.71. The SMILES string of the molecule is Cn1c(C(=O)Nc2nnc(Cc3ccccc3F)s2)cc2cc(Br)cnc21. The number of anilines is 1. The number of pyridine rings is 1. The standard InChI is InChI=1S/C18H13BrFN5OS/c1-25-14(7-11-6-12(19)9-21-16(11)25)17(26)22-18-24-23-15(27-18)8-10-4-2-3-5-13(10)20/h2-7,9H,8H2,1H3,(H,22,24,26). The first-order valence-electron chi connectivity index (χ1n) is 7.99. The summed E-state index contributed by atoms with van der Waals surface area (Å²) < 4.78 is 16.3. The second-order valence-electron chi connectivity index (χ2n) is 5.88. The van der Waals surface area contributed by atoms with Crippen molar-refractivity contribution in [3.63, 3.8) is 0 Å². The van der Waals surface area contributed by atoms with E-state index in [1.54, 1.807) is 42.1 Å². The minimum Gasteiger partial charge on any atom is -0.324 e. The fourth-order valence-corrected chi connectivity index (χ4v) is 3.86. The maximum absolute atomic E-state index is 13.8. The molecule has 0 radical (unpaired) electrons. The number of amides is 1. The van der Waals surface area contributed by atoms with Gasteiger partial charge in [-0.05, 0) is 39.7 Å². The van der Waals surface area contributed by atoms with E-state index < -0.39 is 0 Å². The fourth-order valence-electron chi connectivity index (χ4n) is 2.75. The van der Waals surface area contributed by atoms with Gasteiger partial charge in [0.05, 0.1) is 0 Å². The summed E-state index contributed by atoms with van der Waals surface area (Å²) in [7, 11) is 1.78. The number of halogens is 2. The average molecular weight is 446 g/mol. The molecule has 0 spiro atoms. The van der Waals surface area contributed by atoms with Crippen LogP contribution >= 0.6 is 27.3 Å². The number of nitrogens with one attached hydrogen (secondary N) is 1. The molecule has 9 heteroatoms. The molecular formula is C18H13BrFN5OS. The molecule has 4 aromatic rings. The molecule has 0 fully saturated rings. The smallest absolute Gasteiger partial charge is 0.274 e. The zero-order valence-electron chi connectivity index (χ0n) is 14.1. The lowest BCUT2D eigenvalue weighted by molar-refractivity contribution is 0.101. The minimum atomic E-state index is -0.305. The van der Waals surface area contributed by atoms with Gasteiger partial charge in [0.25, 0.3) is 5.91 Å². The number of hydrogen-bond acceptors (Lipinski definition) is 5. The van der Waals surface area contributed by atoms with Crippen LogP contribution in [-0.4, -0.2) is 25.7 Å². The zero-order valence-corrected chi connectivity index (χ0v) is 16.5. The summed E-state index contributed by atoms with van der Waals surface area (Å²) in [5, 5.41) is 12.6. The lowest BCUT2D eigenvalue weighted by atomic mass is 10.1. The van der Waals surface area contributed by atoms with Crippen LogP contribution in [0.15, 0.2) is 47.1 Å². The molecule has 0 aliphatic carbocycles. The number of carbonyl (C=O) groups excluding carboxylic acids is 1. The molecule has 0 aliphatic rings. The van der Waals surface area contributed by atoms with Crippen molar-refractivity contribution in [2.24, 2.45) is 7.05 Å². The fraction of sp³-hybridized carbons (Fsp3) is 0.111. The first-order chi connectivity index (χ1) is 13.0. The number of nitrogens with zero attached hydrogens (tertiary/aromatic N) is 4. The van der Waals surface area contributed by atoms with E-state index in [1.165, 1.54) is 17.4 Å². The van der Waals surface area contributed by atoms with Crippen LogP contribution < -0.4 is 5.32 Å². The van der Waals surface area contributed by atoms with Crippen molar-refractivity contribution >= 4 is 49.3 Å². The number of fused-ring (bicyclic) bond motifs is 1. The first-order valence-corrected chi connectivity index (χ1v) is 9.60. The van der Waals surface area contributed by atoms with Crippen molar-refractivity contribution in [2.45, 2.75) is 6.42 Å². The number of carbonyl (C=O) groups is 1. The van der Waals surface area contributed by atoms with E-state index in [1.807, 2.05) is 6.07 Å². The lowest BCUT2D eigenvalue weighted by Crippen LogP contribution is -2.15. The largest absolute Gasteiger partial charge is 0.324 e. The van der Waals surface area contributed by atoms with E-state index in [4.69, 9.17) is 0 Å². The van der Waals surface area contributed by atoms with Crippen LogP contribution in [0.3, 0.4) is 0 Å². The number of rotatable bonds is 4. The molecule has 3 heterocycles. The summed E-state index contributed by atoms with van der Waals surface area (Å²) >= 11 is 4.60. The van der Waals surface area contributed by atoms with Gasteiger partial charge in [0.15, 0.2) is 0 Å². The van der Waals surface area contributed by atoms with Gasteiger partial charge in [0, 0.05) is 29.5 Å². The summed E-state index contributed by atoms with van der Waals surface area (Å²) in [6.07, 6.45) is 2.01. The topological polar surface area (TPSA) is 72.7 Å². The Labute approximate surface area is 166 Å². The van der Waals surface area contributed by atoms with Crippen molar-refractivity contribution in [1.82, 2.24) is 19.7 Å². The van der Waals surface area contributed by atoms with Crippen LogP contribution in [0.1, 0.15) is 21.1 Å². The third-order valence-corrected chi connectivity index (χ3v) is 5.32. The minimum absolute atomic E-state index is 0.285. The maximum atomic E-state index is 13.8. The van der Waals surface area contributed by atoms with Gasteiger partial charge < -0.3 is 4.57 Å². The highest BCUT2D eigenvalue weighted by Gasteiger charge is 2.17. The highest BCUT2D eigenvalue weighted by molar-refractivity contribution is 9.10. The van der Waals surface area contributed by atoms with E-state index in [-0.39, 0.29) is 11.7 Å². The second-order valence-corrected chi connectivity index (χ2v) is 7.86. The molecule has 1 amide bonds. The molecule has 1 N–H and O–H groups in total. The molecule has 136 valence electrons. The second kappa shape index (κ2) is 7.16. The number of aromatic nitrogens is 4. The third kappa shape index (κ3) is 3.60. The monoisotopic (exact) mass is 445 g/mol. The van der Waals surface area contributed by atoms with Gasteiger partial charge in [-0.15, -0.1) is 10.2 Å². The summed E-state index contributed by atoms with van der Waals surface area (Å²) in [5.74, 6) is -0.590. The van der Waals surface area contributed by atoms with Gasteiger partial charge in [-0.2, -0.15) is 0 Å². The molecule has 0 aliphatic heterocycles.